The van der Waals surface area contributed by atoms with Gasteiger partial charge >= 0.3 is 12.0 Å². The van der Waals surface area contributed by atoms with E-state index in [0.717, 1.165) is 28.1 Å². The number of amides is 2. The molecular weight excluding hydrogens is 378 g/mol. The van der Waals surface area contributed by atoms with Crippen molar-refractivity contribution in [1.29, 1.82) is 0 Å². The van der Waals surface area contributed by atoms with Gasteiger partial charge in [-0.05, 0) is 41.8 Å². The summed E-state index contributed by atoms with van der Waals surface area (Å²) in [5.41, 5.74) is 5.36. The summed E-state index contributed by atoms with van der Waals surface area (Å²) in [6, 6.07) is 19.9. The molecule has 0 spiro atoms. The number of hydrogen-bond acceptors (Lipinski definition) is 3. The van der Waals surface area contributed by atoms with Gasteiger partial charge in [-0.15, -0.1) is 0 Å². The third kappa shape index (κ3) is 3.68. The average molecular weight is 403 g/mol. The molecule has 0 radical (unpaired) electrons. The van der Waals surface area contributed by atoms with Crippen molar-refractivity contribution in [2.24, 2.45) is 0 Å². The summed E-state index contributed by atoms with van der Waals surface area (Å²) >= 11 is 0. The molecule has 0 aliphatic carbocycles. The number of esters is 1. The van der Waals surface area contributed by atoms with Crippen molar-refractivity contribution in [3.8, 4) is 5.69 Å². The van der Waals surface area contributed by atoms with Crippen LogP contribution in [0.5, 0.6) is 0 Å². The average Bonchev–Trinajstić information content (AvgIpc) is 3.19. The number of hydrogen-bond donors (Lipinski definition) is 1. The zero-order valence-electron chi connectivity index (χ0n) is 17.2. The van der Waals surface area contributed by atoms with Crippen molar-refractivity contribution < 1.29 is 14.3 Å². The number of urea groups is 1. The Labute approximate surface area is 176 Å². The van der Waals surface area contributed by atoms with Crippen LogP contribution in [0.2, 0.25) is 0 Å². The number of aryl methyl sites for hydroxylation is 1. The Morgan fingerprint density at radius 1 is 1.07 bits per heavy atom. The van der Waals surface area contributed by atoms with Crippen molar-refractivity contribution in [3.05, 3.63) is 89.2 Å². The molecule has 0 unspecified atom stereocenters. The molecule has 1 N–H and O–H groups in total. The number of carbonyl (C=O) groups excluding carboxylic acids is 2. The van der Waals surface area contributed by atoms with Gasteiger partial charge in [-0.2, -0.15) is 0 Å². The summed E-state index contributed by atoms with van der Waals surface area (Å²) in [7, 11) is 1.35. The monoisotopic (exact) mass is 403 g/mol. The molecule has 154 valence electrons. The minimum atomic E-state index is -0.346. The van der Waals surface area contributed by atoms with E-state index in [-0.39, 0.29) is 31.0 Å². The smallest absolute Gasteiger partial charge is 0.318 e. The number of para-hydroxylation sites is 1. The van der Waals surface area contributed by atoms with Gasteiger partial charge in [0.2, 0.25) is 0 Å². The number of carbonyl (C=O) groups is 2. The standard InChI is InChI=1S/C24H25N3O3/c1-17-8-3-5-10-19(17)23-21-12-7-15-26(21)20-11-6-4-9-18(20)16-27(23)24(29)25-14-13-22(28)30-2/h3-12,15,23H,13-14,16H2,1-2H3,(H,25,29)/t23-/m1/s1. The lowest BCUT2D eigenvalue weighted by atomic mass is 9.97. The maximum absolute atomic E-state index is 13.3. The van der Waals surface area contributed by atoms with Crippen LogP contribution in [0.25, 0.3) is 5.69 Å². The Balaban J connectivity index is 1.77. The maximum atomic E-state index is 13.3. The molecule has 3 aromatic rings. The van der Waals surface area contributed by atoms with Crippen molar-refractivity contribution in [2.75, 3.05) is 13.7 Å². The maximum Gasteiger partial charge on any atom is 0.318 e. The molecule has 0 saturated carbocycles. The highest BCUT2D eigenvalue weighted by Gasteiger charge is 2.33. The molecule has 1 atom stereocenters. The van der Waals surface area contributed by atoms with E-state index < -0.39 is 0 Å². The van der Waals surface area contributed by atoms with E-state index in [1.165, 1.54) is 7.11 Å². The summed E-state index contributed by atoms with van der Waals surface area (Å²) in [5.74, 6) is -0.346. The van der Waals surface area contributed by atoms with E-state index in [1.54, 1.807) is 0 Å². The van der Waals surface area contributed by atoms with Crippen LogP contribution in [0, 0.1) is 6.92 Å². The molecular formula is C24H25N3O3. The number of benzene rings is 2. The molecule has 1 aliphatic rings. The number of aromatic nitrogens is 1. The first-order valence-electron chi connectivity index (χ1n) is 10.0. The molecule has 2 aromatic carbocycles. The molecule has 2 heterocycles. The minimum absolute atomic E-state index is 0.137. The Morgan fingerprint density at radius 3 is 2.63 bits per heavy atom. The van der Waals surface area contributed by atoms with Gasteiger partial charge in [0.1, 0.15) is 6.04 Å². The molecule has 6 nitrogen and oxygen atoms in total. The van der Waals surface area contributed by atoms with Gasteiger partial charge in [-0.3, -0.25) is 4.79 Å². The van der Waals surface area contributed by atoms with Crippen LogP contribution in [0.3, 0.4) is 0 Å². The molecule has 1 aliphatic heterocycles. The number of methoxy groups -OCH3 is 1. The zero-order chi connectivity index (χ0) is 21.1. The predicted octanol–water partition coefficient (Wildman–Crippen LogP) is 3.96. The first-order valence-corrected chi connectivity index (χ1v) is 10.0. The second-order valence-electron chi connectivity index (χ2n) is 7.38. The lowest BCUT2D eigenvalue weighted by molar-refractivity contribution is -0.140. The fourth-order valence-corrected chi connectivity index (χ4v) is 4.04. The SMILES string of the molecule is COC(=O)CCNC(=O)N1Cc2ccccc2-n2cccc2[C@H]1c1ccccc1C. The summed E-state index contributed by atoms with van der Waals surface area (Å²) < 4.78 is 6.84. The molecule has 6 heteroatoms. The van der Waals surface area contributed by atoms with E-state index in [4.69, 9.17) is 0 Å². The zero-order valence-corrected chi connectivity index (χ0v) is 17.2. The number of nitrogens with zero attached hydrogens (tertiary/aromatic N) is 2. The number of fused-ring (bicyclic) bond motifs is 3. The Kier molecular flexibility index (Phi) is 5.57. The molecule has 0 saturated heterocycles. The quantitative estimate of drug-likeness (QED) is 0.671. The molecule has 30 heavy (non-hydrogen) atoms. The Morgan fingerprint density at radius 2 is 1.83 bits per heavy atom. The van der Waals surface area contributed by atoms with Gasteiger partial charge in [0, 0.05) is 18.4 Å². The number of nitrogens with one attached hydrogen (secondary N) is 1. The van der Waals surface area contributed by atoms with Gasteiger partial charge in [-0.25, -0.2) is 4.79 Å². The van der Waals surface area contributed by atoms with E-state index >= 15 is 0 Å². The fourth-order valence-electron chi connectivity index (χ4n) is 4.04. The summed E-state index contributed by atoms with van der Waals surface area (Å²) in [5, 5.41) is 2.90. The molecule has 0 bridgehead atoms. The van der Waals surface area contributed by atoms with E-state index in [1.807, 2.05) is 47.5 Å². The molecule has 1 aromatic heterocycles. The molecule has 4 rings (SSSR count). The van der Waals surface area contributed by atoms with Crippen molar-refractivity contribution in [2.45, 2.75) is 25.9 Å². The van der Waals surface area contributed by atoms with Crippen LogP contribution in [0.4, 0.5) is 4.79 Å². The van der Waals surface area contributed by atoms with Gasteiger partial charge < -0.3 is 19.5 Å². The van der Waals surface area contributed by atoms with Crippen molar-refractivity contribution in [3.63, 3.8) is 0 Å². The van der Waals surface area contributed by atoms with Crippen LogP contribution in [0.1, 0.15) is 34.8 Å². The molecule has 0 fully saturated rings. The second kappa shape index (κ2) is 8.45. The highest BCUT2D eigenvalue weighted by atomic mass is 16.5. The number of ether oxygens (including phenoxy) is 1. The summed E-state index contributed by atoms with van der Waals surface area (Å²) in [6.45, 7) is 2.75. The third-order valence-electron chi connectivity index (χ3n) is 5.54. The third-order valence-corrected chi connectivity index (χ3v) is 5.54. The van der Waals surface area contributed by atoms with Crippen LogP contribution in [-0.2, 0) is 16.1 Å². The van der Waals surface area contributed by atoms with Crippen LogP contribution in [0.15, 0.2) is 66.9 Å². The van der Waals surface area contributed by atoms with Gasteiger partial charge in [-0.1, -0.05) is 42.5 Å². The first-order chi connectivity index (χ1) is 14.6. The van der Waals surface area contributed by atoms with Gasteiger partial charge in [0.15, 0.2) is 0 Å². The van der Waals surface area contributed by atoms with Gasteiger partial charge in [0.05, 0.1) is 25.8 Å². The largest absolute Gasteiger partial charge is 0.469 e. The topological polar surface area (TPSA) is 63.6 Å². The lowest BCUT2D eigenvalue weighted by Gasteiger charge is -2.31. The first kappa shape index (κ1) is 19.8. The van der Waals surface area contributed by atoms with E-state index in [2.05, 4.69) is 45.8 Å². The van der Waals surface area contributed by atoms with Crippen molar-refractivity contribution >= 4 is 12.0 Å². The minimum Gasteiger partial charge on any atom is -0.469 e. The number of rotatable bonds is 4. The normalized spacial score (nSPS) is 15.0. The van der Waals surface area contributed by atoms with Crippen LogP contribution < -0.4 is 5.32 Å². The summed E-state index contributed by atoms with van der Waals surface area (Å²) in [6.07, 6.45) is 2.18. The van der Waals surface area contributed by atoms with Crippen LogP contribution in [-0.4, -0.2) is 35.1 Å². The van der Waals surface area contributed by atoms with Crippen LogP contribution >= 0.6 is 0 Å². The van der Waals surface area contributed by atoms with Crippen molar-refractivity contribution in [1.82, 2.24) is 14.8 Å². The second-order valence-corrected chi connectivity index (χ2v) is 7.38. The predicted molar refractivity (Wildman–Crippen MR) is 114 cm³/mol. The van der Waals surface area contributed by atoms with Gasteiger partial charge in [0.25, 0.3) is 0 Å². The highest BCUT2D eigenvalue weighted by Crippen LogP contribution is 2.37. The lowest BCUT2D eigenvalue weighted by Crippen LogP contribution is -2.42. The Bertz CT molecular complexity index is 1070. The van der Waals surface area contributed by atoms with E-state index in [0.29, 0.717) is 6.54 Å². The molecule has 2 amide bonds. The Hall–Kier alpha value is -3.54. The van der Waals surface area contributed by atoms with E-state index in [9.17, 15) is 9.59 Å². The fraction of sp³-hybridized carbons (Fsp3) is 0.250. The summed E-state index contributed by atoms with van der Waals surface area (Å²) in [4.78, 5) is 26.6. The highest BCUT2D eigenvalue weighted by molar-refractivity contribution is 5.77.